The van der Waals surface area contributed by atoms with E-state index < -0.39 is 11.6 Å². The van der Waals surface area contributed by atoms with Gasteiger partial charge in [0.25, 0.3) is 0 Å². The maximum atomic E-state index is 13.8. The molecule has 2 atom stereocenters. The third kappa shape index (κ3) is 4.22. The summed E-state index contributed by atoms with van der Waals surface area (Å²) in [6.07, 6.45) is 6.73. The van der Waals surface area contributed by atoms with Gasteiger partial charge in [-0.3, -0.25) is 9.69 Å². The predicted molar refractivity (Wildman–Crippen MR) is 89.7 cm³/mol. The van der Waals surface area contributed by atoms with E-state index in [0.29, 0.717) is 6.54 Å². The molecule has 0 radical (unpaired) electrons. The standard InChI is InChI=1S/C18H22F2N4O/c1-13(24-9-7-21-12-24)18(25)22-14-4-3-8-23(10-14)11-15-16(19)5-2-6-17(15)20/h2,5-7,9,12-14H,3-4,8,10-11H2,1H3,(H,22,25)/t13-,14+/m0/s1. The summed E-state index contributed by atoms with van der Waals surface area (Å²) < 4.78 is 29.4. The Hall–Kier alpha value is -2.28. The maximum absolute atomic E-state index is 13.8. The fourth-order valence-electron chi connectivity index (χ4n) is 3.18. The predicted octanol–water partition coefficient (Wildman–Crippen LogP) is 2.50. The van der Waals surface area contributed by atoms with Crippen LogP contribution in [0.2, 0.25) is 0 Å². The second-order valence-electron chi connectivity index (χ2n) is 6.47. The van der Waals surface area contributed by atoms with Crippen molar-refractivity contribution < 1.29 is 13.6 Å². The van der Waals surface area contributed by atoms with Gasteiger partial charge < -0.3 is 9.88 Å². The van der Waals surface area contributed by atoms with Crippen LogP contribution in [0.1, 0.15) is 31.4 Å². The number of carbonyl (C=O) groups is 1. The van der Waals surface area contributed by atoms with Crippen LogP contribution >= 0.6 is 0 Å². The first-order valence-electron chi connectivity index (χ1n) is 8.47. The normalized spacial score (nSPS) is 19.6. The molecular formula is C18H22F2N4O. The number of halogens is 2. The number of nitrogens with one attached hydrogen (secondary N) is 1. The molecule has 0 unspecified atom stereocenters. The van der Waals surface area contributed by atoms with E-state index in [4.69, 9.17) is 0 Å². The highest BCUT2D eigenvalue weighted by molar-refractivity contribution is 5.80. The minimum atomic E-state index is -0.528. The first-order chi connectivity index (χ1) is 12.0. The molecule has 1 aliphatic heterocycles. The molecule has 1 aromatic heterocycles. The van der Waals surface area contributed by atoms with E-state index in [0.717, 1.165) is 19.4 Å². The Labute approximate surface area is 145 Å². The smallest absolute Gasteiger partial charge is 0.243 e. The van der Waals surface area contributed by atoms with Gasteiger partial charge in [0.15, 0.2) is 0 Å². The number of benzene rings is 1. The number of imidazole rings is 1. The van der Waals surface area contributed by atoms with Gasteiger partial charge in [-0.2, -0.15) is 0 Å². The van der Waals surface area contributed by atoms with E-state index in [-0.39, 0.29) is 30.1 Å². The third-order valence-corrected chi connectivity index (χ3v) is 4.65. The van der Waals surface area contributed by atoms with Crippen LogP contribution in [0, 0.1) is 11.6 Å². The Morgan fingerprint density at radius 3 is 2.84 bits per heavy atom. The second kappa shape index (κ2) is 7.74. The van der Waals surface area contributed by atoms with E-state index in [1.165, 1.54) is 18.2 Å². The first kappa shape index (κ1) is 17.5. The average molecular weight is 348 g/mol. The largest absolute Gasteiger partial charge is 0.350 e. The number of carbonyl (C=O) groups excluding carboxylic acids is 1. The summed E-state index contributed by atoms with van der Waals surface area (Å²) in [7, 11) is 0. The highest BCUT2D eigenvalue weighted by atomic mass is 19.1. The minimum Gasteiger partial charge on any atom is -0.350 e. The molecule has 134 valence electrons. The molecule has 0 spiro atoms. The molecule has 1 aliphatic rings. The highest BCUT2D eigenvalue weighted by Gasteiger charge is 2.25. The summed E-state index contributed by atoms with van der Waals surface area (Å²) in [6.45, 7) is 3.36. The van der Waals surface area contributed by atoms with E-state index in [9.17, 15) is 13.6 Å². The number of piperidine rings is 1. The lowest BCUT2D eigenvalue weighted by molar-refractivity contribution is -0.125. The maximum Gasteiger partial charge on any atom is 0.243 e. The SMILES string of the molecule is C[C@@H](C(=O)N[C@@H]1CCCN(Cc2c(F)cccc2F)C1)n1ccnc1. The summed E-state index contributed by atoms with van der Waals surface area (Å²) >= 11 is 0. The minimum absolute atomic E-state index is 0.0259. The van der Waals surface area contributed by atoms with Crippen molar-refractivity contribution in [2.24, 2.45) is 0 Å². The van der Waals surface area contributed by atoms with Gasteiger partial charge in [0, 0.05) is 37.1 Å². The monoisotopic (exact) mass is 348 g/mol. The van der Waals surface area contributed by atoms with Gasteiger partial charge in [-0.25, -0.2) is 13.8 Å². The van der Waals surface area contributed by atoms with Crippen LogP contribution in [-0.2, 0) is 11.3 Å². The van der Waals surface area contributed by atoms with Gasteiger partial charge in [-0.1, -0.05) is 6.07 Å². The summed E-state index contributed by atoms with van der Waals surface area (Å²) in [5.41, 5.74) is 0.0845. The van der Waals surface area contributed by atoms with Crippen molar-refractivity contribution in [2.45, 2.75) is 38.4 Å². The molecule has 2 aromatic rings. The number of amides is 1. The Bertz CT molecular complexity index is 700. The van der Waals surface area contributed by atoms with Crippen LogP contribution in [0.5, 0.6) is 0 Å². The van der Waals surface area contributed by atoms with Crippen LogP contribution in [0.3, 0.4) is 0 Å². The summed E-state index contributed by atoms with van der Waals surface area (Å²) in [5.74, 6) is -1.14. The highest BCUT2D eigenvalue weighted by Crippen LogP contribution is 2.19. The number of aromatic nitrogens is 2. The molecular weight excluding hydrogens is 326 g/mol. The van der Waals surface area contributed by atoms with E-state index >= 15 is 0 Å². The molecule has 1 saturated heterocycles. The number of likely N-dealkylation sites (tertiary alicyclic amines) is 1. The zero-order valence-electron chi connectivity index (χ0n) is 14.2. The lowest BCUT2D eigenvalue weighted by Crippen LogP contribution is -2.48. The van der Waals surface area contributed by atoms with Crippen molar-refractivity contribution in [1.29, 1.82) is 0 Å². The molecule has 0 aliphatic carbocycles. The Kier molecular flexibility index (Phi) is 5.43. The molecule has 5 nitrogen and oxygen atoms in total. The van der Waals surface area contributed by atoms with Gasteiger partial charge in [-0.05, 0) is 38.4 Å². The Balaban J connectivity index is 1.59. The Morgan fingerprint density at radius 1 is 1.40 bits per heavy atom. The van der Waals surface area contributed by atoms with Crippen LogP contribution in [0.25, 0.3) is 0 Å². The summed E-state index contributed by atoms with van der Waals surface area (Å²) in [6, 6.07) is 3.54. The van der Waals surface area contributed by atoms with Crippen LogP contribution in [0.4, 0.5) is 8.78 Å². The number of rotatable bonds is 5. The summed E-state index contributed by atoms with van der Waals surface area (Å²) in [5, 5.41) is 3.04. The molecule has 1 amide bonds. The van der Waals surface area contributed by atoms with Crippen molar-refractivity contribution in [3.8, 4) is 0 Å². The van der Waals surface area contributed by atoms with E-state index in [1.807, 2.05) is 11.8 Å². The topological polar surface area (TPSA) is 50.2 Å². The molecule has 1 N–H and O–H groups in total. The number of nitrogens with zero attached hydrogens (tertiary/aromatic N) is 3. The zero-order chi connectivity index (χ0) is 17.8. The van der Waals surface area contributed by atoms with Gasteiger partial charge in [0.2, 0.25) is 5.91 Å². The van der Waals surface area contributed by atoms with Gasteiger partial charge >= 0.3 is 0 Å². The van der Waals surface area contributed by atoms with Crippen LogP contribution in [-0.4, -0.2) is 39.5 Å². The quantitative estimate of drug-likeness (QED) is 0.903. The van der Waals surface area contributed by atoms with Gasteiger partial charge in [0.1, 0.15) is 17.7 Å². The van der Waals surface area contributed by atoms with E-state index in [2.05, 4.69) is 10.3 Å². The molecule has 0 bridgehead atoms. The molecule has 25 heavy (non-hydrogen) atoms. The van der Waals surface area contributed by atoms with Gasteiger partial charge in [-0.15, -0.1) is 0 Å². The molecule has 1 aromatic carbocycles. The van der Waals surface area contributed by atoms with Crippen molar-refractivity contribution in [2.75, 3.05) is 13.1 Å². The molecule has 1 fully saturated rings. The lowest BCUT2D eigenvalue weighted by atomic mass is 10.0. The summed E-state index contributed by atoms with van der Waals surface area (Å²) in [4.78, 5) is 18.3. The average Bonchev–Trinajstić information content (AvgIpc) is 3.12. The van der Waals surface area contributed by atoms with Crippen molar-refractivity contribution in [3.63, 3.8) is 0 Å². The number of hydrogen-bond acceptors (Lipinski definition) is 3. The van der Waals surface area contributed by atoms with Crippen molar-refractivity contribution in [3.05, 3.63) is 54.1 Å². The number of hydrogen-bond donors (Lipinski definition) is 1. The van der Waals surface area contributed by atoms with E-state index in [1.54, 1.807) is 23.3 Å². The molecule has 2 heterocycles. The second-order valence-corrected chi connectivity index (χ2v) is 6.47. The fraction of sp³-hybridized carbons (Fsp3) is 0.444. The molecule has 7 heteroatoms. The van der Waals surface area contributed by atoms with Crippen molar-refractivity contribution >= 4 is 5.91 Å². The van der Waals surface area contributed by atoms with Crippen LogP contribution < -0.4 is 5.32 Å². The fourth-order valence-corrected chi connectivity index (χ4v) is 3.18. The molecule has 3 rings (SSSR count). The third-order valence-electron chi connectivity index (χ3n) is 4.65. The lowest BCUT2D eigenvalue weighted by Gasteiger charge is -2.33. The van der Waals surface area contributed by atoms with Crippen molar-refractivity contribution in [1.82, 2.24) is 19.8 Å². The zero-order valence-corrected chi connectivity index (χ0v) is 14.2. The Morgan fingerprint density at radius 2 is 2.16 bits per heavy atom. The first-order valence-corrected chi connectivity index (χ1v) is 8.47. The molecule has 0 saturated carbocycles. The van der Waals surface area contributed by atoms with Gasteiger partial charge in [0.05, 0.1) is 6.33 Å². The van der Waals surface area contributed by atoms with Crippen LogP contribution in [0.15, 0.2) is 36.9 Å².